The van der Waals surface area contributed by atoms with Gasteiger partial charge < -0.3 is 14.4 Å². The van der Waals surface area contributed by atoms with E-state index in [0.717, 1.165) is 60.9 Å². The van der Waals surface area contributed by atoms with E-state index in [0.29, 0.717) is 22.3 Å². The molecule has 0 fully saturated rings. The van der Waals surface area contributed by atoms with E-state index in [2.05, 4.69) is 64.6 Å². The predicted molar refractivity (Wildman–Crippen MR) is 217 cm³/mol. The number of benzene rings is 6. The van der Waals surface area contributed by atoms with Crippen LogP contribution >= 0.6 is 0 Å². The summed E-state index contributed by atoms with van der Waals surface area (Å²) < 4.78 is 70.4. The van der Waals surface area contributed by atoms with E-state index in [1.165, 1.54) is 6.07 Å². The average Bonchev–Trinajstić information content (AvgIpc) is 3.62. The maximum absolute atomic E-state index is 8.21. The van der Waals surface area contributed by atoms with Gasteiger partial charge in [-0.05, 0) is 86.7 Å². The Hall–Kier alpha value is -5.41. The summed E-state index contributed by atoms with van der Waals surface area (Å²) in [6.45, 7) is 0.439. The molecule has 9 aromatic rings. The van der Waals surface area contributed by atoms with Gasteiger partial charge in [-0.2, -0.15) is 0 Å². The van der Waals surface area contributed by atoms with Gasteiger partial charge >= 0.3 is 0 Å². The predicted octanol–water partition coefficient (Wildman–Crippen LogP) is 13.2. The molecule has 1 radical (unpaired) electrons. The number of rotatable bonds is 4. The first kappa shape index (κ1) is 27.2. The molecule has 0 spiro atoms. The van der Waals surface area contributed by atoms with E-state index in [9.17, 15) is 0 Å². The van der Waals surface area contributed by atoms with Crippen molar-refractivity contribution in [2.24, 2.45) is 5.41 Å². The fourth-order valence-corrected chi connectivity index (χ4v) is 6.67. The standard InChI is InChI=1S/C33H22NO.C16H18N.Ir/c1-20-17-29(34-19-21(20)2)25-13-8-14-27-32-26-16-15-23-11-6-7-12-24(23)31(26)28(18-30(32)35-33(25)27)22-9-4-3-5-10-22;1-16(2,3)11-13-9-10-15(17-12-13)14-7-5-4-6-8-14;/h3-12,14-19H,1-2H3;4-7,9-10,12H,11H2,1-3H3;/q2*-1;/i1D3,2D3;11D2;. The minimum atomic E-state index is -2.63. The molecule has 0 atom stereocenters. The topological polar surface area (TPSA) is 38.9 Å². The van der Waals surface area contributed by atoms with Crippen LogP contribution in [0.15, 0.2) is 144 Å². The monoisotopic (exact) mass is 873 g/mol. The summed E-state index contributed by atoms with van der Waals surface area (Å²) in [5.41, 5.74) is 5.38. The molecule has 3 heterocycles. The largest absolute Gasteiger partial charge is 0.501 e. The molecule has 9 rings (SSSR count). The molecule has 3 aromatic heterocycles. The first-order chi connectivity index (χ1) is 28.4. The third kappa shape index (κ3) is 7.31. The zero-order chi connectivity index (χ0) is 42.6. The molecule has 0 bridgehead atoms. The van der Waals surface area contributed by atoms with E-state index in [1.54, 1.807) is 12.3 Å². The number of hydrogen-bond donors (Lipinski definition) is 0. The van der Waals surface area contributed by atoms with Crippen molar-refractivity contribution >= 4 is 43.5 Å². The molecule has 0 aliphatic carbocycles. The Morgan fingerprint density at radius 2 is 1.47 bits per heavy atom. The van der Waals surface area contributed by atoms with E-state index >= 15 is 0 Å². The number of fused-ring (bicyclic) bond motifs is 7. The van der Waals surface area contributed by atoms with E-state index in [4.69, 9.17) is 15.4 Å². The van der Waals surface area contributed by atoms with Gasteiger partial charge in [-0.1, -0.05) is 122 Å². The number of nitrogens with zero attached hydrogens (tertiary/aromatic N) is 2. The Bertz CT molecular complexity index is 3010. The van der Waals surface area contributed by atoms with Crippen molar-refractivity contribution in [1.82, 2.24) is 9.97 Å². The second-order valence-electron chi connectivity index (χ2n) is 13.8. The smallest absolute Gasteiger partial charge is 0.122 e. The van der Waals surface area contributed by atoms with Crippen LogP contribution in [0.1, 0.15) is 48.4 Å². The van der Waals surface area contributed by atoms with Gasteiger partial charge in [0.2, 0.25) is 0 Å². The molecule has 6 aromatic carbocycles. The minimum Gasteiger partial charge on any atom is -0.501 e. The van der Waals surface area contributed by atoms with Crippen LogP contribution in [0, 0.1) is 31.3 Å². The summed E-state index contributed by atoms with van der Waals surface area (Å²) in [5, 5.41) is 6.19. The Balaban J connectivity index is 0.000000237. The average molecular weight is 873 g/mol. The Morgan fingerprint density at radius 3 is 2.23 bits per heavy atom. The Kier molecular flexibility index (Phi) is 7.66. The van der Waals surface area contributed by atoms with Crippen molar-refractivity contribution < 1.29 is 35.5 Å². The van der Waals surface area contributed by atoms with Gasteiger partial charge in [0.1, 0.15) is 5.58 Å². The molecule has 4 heteroatoms. The number of aromatic nitrogens is 2. The summed E-state index contributed by atoms with van der Waals surface area (Å²) in [7, 11) is 0. The van der Waals surface area contributed by atoms with E-state index in [1.807, 2.05) is 93.6 Å². The van der Waals surface area contributed by atoms with Gasteiger partial charge in [-0.15, -0.1) is 54.1 Å². The van der Waals surface area contributed by atoms with Crippen molar-refractivity contribution in [1.29, 1.82) is 0 Å². The van der Waals surface area contributed by atoms with Crippen molar-refractivity contribution in [3.63, 3.8) is 0 Å². The molecule has 0 unspecified atom stereocenters. The second-order valence-corrected chi connectivity index (χ2v) is 13.8. The first-order valence-electron chi connectivity index (χ1n) is 21.2. The zero-order valence-electron chi connectivity index (χ0n) is 37.4. The van der Waals surface area contributed by atoms with E-state index in [-0.39, 0.29) is 36.9 Å². The molecule has 3 nitrogen and oxygen atoms in total. The number of aryl methyl sites for hydroxylation is 2. The number of hydrogen-bond acceptors (Lipinski definition) is 3. The molecule has 0 saturated carbocycles. The SMILES string of the molecule is [2H]C([2H])([2H])c1cnc(-c2[c-]ccc3c2oc2cc(-c4ccccc4)c4c5ccccc5ccc4c23)cc1C([2H])([2H])[2H].[2H]C([2H])(c1ccc(-c2[c-]cccc2)nc1)C(C)(C)C.[Ir]. The van der Waals surface area contributed by atoms with Crippen LogP contribution < -0.4 is 0 Å². The molecule has 0 aliphatic rings. The van der Waals surface area contributed by atoms with Crippen molar-refractivity contribution in [2.75, 3.05) is 0 Å². The summed E-state index contributed by atoms with van der Waals surface area (Å²) >= 11 is 0. The van der Waals surface area contributed by atoms with Crippen molar-refractivity contribution in [2.45, 2.75) is 40.8 Å². The second kappa shape index (κ2) is 14.9. The molecular formula is C49H40IrN2O-2. The van der Waals surface area contributed by atoms with E-state index < -0.39 is 25.5 Å². The van der Waals surface area contributed by atoms with Gasteiger partial charge in [0, 0.05) is 48.9 Å². The molecule has 263 valence electrons. The molecule has 0 amide bonds. The summed E-state index contributed by atoms with van der Waals surface area (Å²) in [6.07, 6.45) is 1.36. The van der Waals surface area contributed by atoms with Crippen molar-refractivity contribution in [3.05, 3.63) is 169 Å². The first-order valence-corrected chi connectivity index (χ1v) is 17.2. The maximum Gasteiger partial charge on any atom is 0.122 e. The summed E-state index contributed by atoms with van der Waals surface area (Å²) in [4.78, 5) is 8.73. The fourth-order valence-electron chi connectivity index (χ4n) is 6.67. The Labute approximate surface area is 336 Å². The van der Waals surface area contributed by atoms with Crippen LogP contribution in [0.25, 0.3) is 77.1 Å². The molecule has 0 saturated heterocycles. The zero-order valence-corrected chi connectivity index (χ0v) is 31.8. The third-order valence-corrected chi connectivity index (χ3v) is 8.93. The van der Waals surface area contributed by atoms with Crippen LogP contribution in [0.5, 0.6) is 0 Å². The quantitative estimate of drug-likeness (QED) is 0.131. The molecule has 0 N–H and O–H groups in total. The van der Waals surface area contributed by atoms with Crippen LogP contribution in [0.3, 0.4) is 0 Å². The molecule has 53 heavy (non-hydrogen) atoms. The summed E-state index contributed by atoms with van der Waals surface area (Å²) in [6, 6.07) is 47.4. The van der Waals surface area contributed by atoms with Crippen LogP contribution in [-0.2, 0) is 26.5 Å². The van der Waals surface area contributed by atoms with Crippen LogP contribution in [0.4, 0.5) is 0 Å². The van der Waals surface area contributed by atoms with Crippen molar-refractivity contribution in [3.8, 4) is 33.6 Å². The summed E-state index contributed by atoms with van der Waals surface area (Å²) in [5.74, 6) is 0. The normalized spacial score (nSPS) is 14.4. The van der Waals surface area contributed by atoms with Gasteiger partial charge in [-0.25, -0.2) is 0 Å². The minimum absolute atomic E-state index is 0. The molecular weight excluding hydrogens is 825 g/mol. The Morgan fingerprint density at radius 1 is 0.679 bits per heavy atom. The maximum atomic E-state index is 8.21. The van der Waals surface area contributed by atoms with Crippen LogP contribution in [-0.4, -0.2) is 9.97 Å². The molecule has 0 aliphatic heterocycles. The van der Waals surface area contributed by atoms with Crippen LogP contribution in [0.2, 0.25) is 0 Å². The van der Waals surface area contributed by atoms with Gasteiger partial charge in [0.05, 0.1) is 5.58 Å². The van der Waals surface area contributed by atoms with Gasteiger partial charge in [0.25, 0.3) is 0 Å². The van der Waals surface area contributed by atoms with Gasteiger partial charge in [-0.3, -0.25) is 0 Å². The van der Waals surface area contributed by atoms with Gasteiger partial charge in [0.15, 0.2) is 0 Å². The number of pyridine rings is 2. The number of furan rings is 1. The fraction of sp³-hybridized carbons (Fsp3) is 0.143. The third-order valence-electron chi connectivity index (χ3n) is 8.93.